The van der Waals surface area contributed by atoms with Gasteiger partial charge < -0.3 is 26.2 Å². The summed E-state index contributed by atoms with van der Waals surface area (Å²) < 4.78 is 29.4. The maximum absolute atomic E-state index is 13.1. The van der Waals surface area contributed by atoms with Crippen LogP contribution >= 0.6 is 11.6 Å². The number of nitrogens with two attached hydrogens (primary N) is 1. The zero-order valence-electron chi connectivity index (χ0n) is 18.4. The molecule has 1 aromatic carbocycles. The Morgan fingerprint density at radius 1 is 1.14 bits per heavy atom. The number of aromatic nitrogens is 2. The number of rotatable bonds is 9. The number of halogens is 1. The van der Waals surface area contributed by atoms with E-state index in [4.69, 9.17) is 22.1 Å². The number of hydrogen-bond donors (Lipinski definition) is 4. The molecule has 0 saturated heterocycles. The topological polar surface area (TPSA) is 174 Å². The second-order valence-corrected chi connectivity index (χ2v) is 9.75. The maximum atomic E-state index is 13.1. The Hall–Kier alpha value is -3.58. The van der Waals surface area contributed by atoms with Gasteiger partial charge in [-0.1, -0.05) is 11.6 Å². The molecule has 0 unspecified atom stereocenters. The number of carbonyl (C=O) groups excluding carboxylic acids is 2. The summed E-state index contributed by atoms with van der Waals surface area (Å²) in [5, 5.41) is 15.3. The largest absolute Gasteiger partial charge is 0.490 e. The van der Waals surface area contributed by atoms with Crippen LogP contribution < -0.4 is 21.1 Å². The summed E-state index contributed by atoms with van der Waals surface area (Å²) >= 11 is 5.80. The van der Waals surface area contributed by atoms with Crippen LogP contribution in [-0.2, 0) is 9.84 Å². The number of nitrogens with one attached hydrogen (secondary N) is 2. The van der Waals surface area contributed by atoms with Gasteiger partial charge >= 0.3 is 0 Å². The Balaban J connectivity index is 1.88. The first-order valence-electron chi connectivity index (χ1n) is 10.1. The van der Waals surface area contributed by atoms with Crippen molar-refractivity contribution in [1.29, 1.82) is 0 Å². The van der Waals surface area contributed by atoms with E-state index in [0.29, 0.717) is 5.02 Å². The van der Waals surface area contributed by atoms with Crippen molar-refractivity contribution in [1.82, 2.24) is 9.97 Å². The number of aliphatic hydroxyl groups is 1. The van der Waals surface area contributed by atoms with Crippen molar-refractivity contribution in [2.75, 3.05) is 30.0 Å². The van der Waals surface area contributed by atoms with Gasteiger partial charge in [-0.2, -0.15) is 0 Å². The minimum atomic E-state index is -3.60. The van der Waals surface area contributed by atoms with Crippen molar-refractivity contribution in [2.24, 2.45) is 5.73 Å². The van der Waals surface area contributed by atoms with Crippen LogP contribution in [0.1, 0.15) is 20.8 Å². The molecule has 0 aliphatic rings. The highest BCUT2D eigenvalue weighted by molar-refractivity contribution is 7.90. The van der Waals surface area contributed by atoms with Crippen molar-refractivity contribution in [2.45, 2.75) is 11.0 Å². The number of anilines is 2. The number of ether oxygens (including phenoxy) is 1. The summed E-state index contributed by atoms with van der Waals surface area (Å²) in [6.07, 6.45) is 2.73. The molecular weight excluding hydrogens is 498 g/mol. The van der Waals surface area contributed by atoms with Crippen LogP contribution in [0.25, 0.3) is 0 Å². The molecule has 2 aromatic heterocycles. The van der Waals surface area contributed by atoms with Crippen molar-refractivity contribution >= 4 is 44.8 Å². The highest BCUT2D eigenvalue weighted by Gasteiger charge is 2.21. The Kier molecular flexibility index (Phi) is 8.35. The van der Waals surface area contributed by atoms with Crippen molar-refractivity contribution < 1.29 is 27.9 Å². The number of carbonyl (C=O) groups is 2. The molecule has 0 aliphatic carbocycles. The molecule has 0 fully saturated rings. The van der Waals surface area contributed by atoms with E-state index in [-0.39, 0.29) is 46.6 Å². The molecule has 0 bridgehead atoms. The average Bonchev–Trinajstić information content (AvgIpc) is 2.83. The van der Waals surface area contributed by atoms with E-state index >= 15 is 0 Å². The fourth-order valence-corrected chi connectivity index (χ4v) is 3.54. The number of pyridine rings is 2. The molecule has 3 aromatic rings. The number of benzene rings is 1. The Bertz CT molecular complexity index is 1330. The Labute approximate surface area is 206 Å². The van der Waals surface area contributed by atoms with Gasteiger partial charge in [-0.05, 0) is 42.5 Å². The third-order valence-electron chi connectivity index (χ3n) is 4.57. The number of amides is 2. The lowest BCUT2D eigenvalue weighted by molar-refractivity contribution is 0.0996. The molecule has 0 spiro atoms. The monoisotopic (exact) mass is 519 g/mol. The third-order valence-corrected chi connectivity index (χ3v) is 5.90. The predicted octanol–water partition coefficient (Wildman–Crippen LogP) is 1.74. The molecule has 1 atom stereocenters. The first-order valence-corrected chi connectivity index (χ1v) is 12.4. The predicted molar refractivity (Wildman–Crippen MR) is 129 cm³/mol. The second kappa shape index (κ2) is 11.2. The van der Waals surface area contributed by atoms with Gasteiger partial charge in [-0.3, -0.25) is 9.59 Å². The van der Waals surface area contributed by atoms with E-state index < -0.39 is 27.8 Å². The summed E-state index contributed by atoms with van der Waals surface area (Å²) in [6.45, 7) is -0.359. The first-order chi connectivity index (χ1) is 16.6. The molecular formula is C22H22ClN5O6S. The molecule has 0 radical (unpaired) electrons. The lowest BCUT2D eigenvalue weighted by atomic mass is 10.1. The fraction of sp³-hybridized carbons (Fsp3) is 0.182. The van der Waals surface area contributed by atoms with Gasteiger partial charge in [0, 0.05) is 25.2 Å². The van der Waals surface area contributed by atoms with Crippen LogP contribution in [0.3, 0.4) is 0 Å². The summed E-state index contributed by atoms with van der Waals surface area (Å²) in [4.78, 5) is 33.8. The molecule has 5 N–H and O–H groups in total. The van der Waals surface area contributed by atoms with Crippen molar-refractivity contribution in [3.8, 4) is 5.75 Å². The van der Waals surface area contributed by atoms with E-state index in [2.05, 4.69) is 20.6 Å². The number of nitrogens with zero attached hydrogens (tertiary/aromatic N) is 2. The van der Waals surface area contributed by atoms with Crippen LogP contribution in [0.2, 0.25) is 5.02 Å². The summed E-state index contributed by atoms with van der Waals surface area (Å²) in [7, 11) is -3.60. The lowest BCUT2D eigenvalue weighted by Crippen LogP contribution is -2.27. The van der Waals surface area contributed by atoms with Gasteiger partial charge in [0.05, 0.1) is 21.2 Å². The minimum Gasteiger partial charge on any atom is -0.490 e. The van der Waals surface area contributed by atoms with Crippen LogP contribution in [0.4, 0.5) is 11.5 Å². The lowest BCUT2D eigenvalue weighted by Gasteiger charge is -2.16. The van der Waals surface area contributed by atoms with E-state index in [9.17, 15) is 23.1 Å². The smallest absolute Gasteiger partial charge is 0.277 e. The molecule has 11 nitrogen and oxygen atoms in total. The van der Waals surface area contributed by atoms with E-state index in [1.54, 1.807) is 6.07 Å². The first kappa shape index (κ1) is 26.0. The Morgan fingerprint density at radius 2 is 1.91 bits per heavy atom. The van der Waals surface area contributed by atoms with Gasteiger partial charge in [0.25, 0.3) is 11.8 Å². The van der Waals surface area contributed by atoms with Crippen LogP contribution in [0.5, 0.6) is 5.75 Å². The van der Waals surface area contributed by atoms with Crippen molar-refractivity contribution in [3.05, 3.63) is 71.1 Å². The minimum absolute atomic E-state index is 0.0313. The normalized spacial score (nSPS) is 12.0. The second-order valence-electron chi connectivity index (χ2n) is 7.30. The highest BCUT2D eigenvalue weighted by Crippen LogP contribution is 2.25. The van der Waals surface area contributed by atoms with Gasteiger partial charge in [-0.25, -0.2) is 18.4 Å². The standard InChI is InChI=1S/C22H22ClN5O6S/c1-35(32,33)15-5-6-16(18(9-15)34-12-14(29)10-24)21(30)27-17-3-2-8-25-20(17)22(31)28-19-7-4-13(23)11-26-19/h2-9,11,14,29H,10,12,24H2,1H3,(H,27,30)(H,26,28,31)/t14-/m1/s1. The van der Waals surface area contributed by atoms with E-state index in [1.807, 2.05) is 0 Å². The zero-order valence-corrected chi connectivity index (χ0v) is 20.0. The van der Waals surface area contributed by atoms with Crippen LogP contribution in [-0.4, -0.2) is 60.8 Å². The molecule has 0 saturated carbocycles. The van der Waals surface area contributed by atoms with Crippen molar-refractivity contribution in [3.63, 3.8) is 0 Å². The quantitative estimate of drug-likeness (QED) is 0.328. The summed E-state index contributed by atoms with van der Waals surface area (Å²) in [5.41, 5.74) is 5.35. The summed E-state index contributed by atoms with van der Waals surface area (Å²) in [6, 6.07) is 9.74. The van der Waals surface area contributed by atoms with Gasteiger partial charge in [0.1, 0.15) is 24.3 Å². The molecule has 3 rings (SSSR count). The number of hydrogen-bond acceptors (Lipinski definition) is 9. The van der Waals surface area contributed by atoms with Gasteiger partial charge in [0.2, 0.25) is 0 Å². The van der Waals surface area contributed by atoms with Gasteiger partial charge in [-0.15, -0.1) is 0 Å². The summed E-state index contributed by atoms with van der Waals surface area (Å²) in [5.74, 6) is -1.19. The van der Waals surface area contributed by atoms with Gasteiger partial charge in [0.15, 0.2) is 15.5 Å². The van der Waals surface area contributed by atoms with E-state index in [1.165, 1.54) is 48.8 Å². The molecule has 0 aliphatic heterocycles. The van der Waals surface area contributed by atoms with Crippen LogP contribution in [0, 0.1) is 0 Å². The third kappa shape index (κ3) is 6.96. The number of sulfone groups is 1. The average molecular weight is 520 g/mol. The Morgan fingerprint density at radius 3 is 2.57 bits per heavy atom. The highest BCUT2D eigenvalue weighted by atomic mass is 35.5. The zero-order chi connectivity index (χ0) is 25.6. The fourth-order valence-electron chi connectivity index (χ4n) is 2.80. The maximum Gasteiger partial charge on any atom is 0.277 e. The molecule has 184 valence electrons. The molecule has 35 heavy (non-hydrogen) atoms. The molecule has 2 heterocycles. The number of aliphatic hydroxyl groups excluding tert-OH is 1. The van der Waals surface area contributed by atoms with Crippen LogP contribution in [0.15, 0.2) is 59.8 Å². The molecule has 2 amide bonds. The molecule has 13 heteroatoms. The van der Waals surface area contributed by atoms with E-state index in [0.717, 1.165) is 6.26 Å². The SMILES string of the molecule is CS(=O)(=O)c1ccc(C(=O)Nc2cccnc2C(=O)Nc2ccc(Cl)cn2)c(OC[C@H](O)CN)c1.